The Balaban J connectivity index is 1.47. The first-order valence-electron chi connectivity index (χ1n) is 13.1. The normalized spacial score (nSPS) is 27.9. The molecule has 1 saturated heterocycles. The van der Waals surface area contributed by atoms with Gasteiger partial charge in [-0.05, 0) is 64.5 Å². The van der Waals surface area contributed by atoms with Crippen LogP contribution in [-0.4, -0.2) is 68.6 Å². The van der Waals surface area contributed by atoms with Gasteiger partial charge in [-0.25, -0.2) is 4.98 Å². The van der Waals surface area contributed by atoms with E-state index in [0.29, 0.717) is 19.5 Å². The quantitative estimate of drug-likeness (QED) is 0.336. The van der Waals surface area contributed by atoms with Crippen LogP contribution in [0.2, 0.25) is 0 Å². The zero-order valence-corrected chi connectivity index (χ0v) is 22.3. The Morgan fingerprint density at radius 2 is 2.06 bits per heavy atom. The summed E-state index contributed by atoms with van der Waals surface area (Å²) in [6.07, 6.45) is 8.09. The maximum absolute atomic E-state index is 12.4. The van der Waals surface area contributed by atoms with Crippen molar-refractivity contribution in [2.75, 3.05) is 50.5 Å². The first kappa shape index (κ1) is 26.1. The molecule has 2 saturated carbocycles. The summed E-state index contributed by atoms with van der Waals surface area (Å²) in [4.78, 5) is 24.4. The Morgan fingerprint density at radius 3 is 2.69 bits per heavy atom. The highest BCUT2D eigenvalue weighted by Gasteiger charge is 2.54. The van der Waals surface area contributed by atoms with Crippen molar-refractivity contribution in [1.82, 2.24) is 15.6 Å². The van der Waals surface area contributed by atoms with Gasteiger partial charge in [0.25, 0.3) is 0 Å². The minimum atomic E-state index is -0.0375. The van der Waals surface area contributed by atoms with Crippen molar-refractivity contribution < 1.29 is 4.79 Å². The molecule has 9 heteroatoms. The predicted octanol–water partition coefficient (Wildman–Crippen LogP) is 2.74. The maximum atomic E-state index is 12.4. The lowest BCUT2D eigenvalue weighted by Crippen LogP contribution is -2.45. The number of nitrogens with one attached hydrogen (secondary N) is 4. The summed E-state index contributed by atoms with van der Waals surface area (Å²) < 4.78 is 0. The summed E-state index contributed by atoms with van der Waals surface area (Å²) in [6.45, 7) is 6.94. The zero-order chi connectivity index (χ0) is 25.9. The number of allylic oxidation sites excluding steroid dienone is 1. The Kier molecular flexibility index (Phi) is 7.68. The van der Waals surface area contributed by atoms with Gasteiger partial charge in [0.05, 0.1) is 11.3 Å². The molecule has 2 aliphatic carbocycles. The highest BCUT2D eigenvalue weighted by Crippen LogP contribution is 2.56. The van der Waals surface area contributed by atoms with E-state index in [9.17, 15) is 4.79 Å². The molecule has 0 aromatic carbocycles. The number of carbonyl (C=O) groups excluding carboxylic acids is 1. The highest BCUT2D eigenvalue weighted by atomic mass is 16.1. The third-order valence-corrected chi connectivity index (χ3v) is 8.27. The van der Waals surface area contributed by atoms with Gasteiger partial charge < -0.3 is 32.0 Å². The molecule has 0 unspecified atom stereocenters. The van der Waals surface area contributed by atoms with Gasteiger partial charge in [-0.3, -0.25) is 9.79 Å². The molecule has 2 bridgehead atoms. The van der Waals surface area contributed by atoms with Crippen LogP contribution in [0.5, 0.6) is 0 Å². The van der Waals surface area contributed by atoms with Crippen LogP contribution >= 0.6 is 0 Å². The molecule has 196 valence electrons. The fraction of sp³-hybridized carbons (Fsp3) is 0.630. The molecule has 6 N–H and O–H groups in total. The molecule has 2 heterocycles. The van der Waals surface area contributed by atoms with Gasteiger partial charge in [-0.2, -0.15) is 0 Å². The van der Waals surface area contributed by atoms with E-state index in [2.05, 4.69) is 25.8 Å². The second-order valence-electron chi connectivity index (χ2n) is 10.9. The molecule has 1 aromatic rings. The SMILES string of the molecule is CNCCC(=O)NC12CCC(CN=C3CCN(c4cc(C)nc(NC)c4C=N)CC3=C(C)N)(CC1)C2. The molecule has 1 aliphatic heterocycles. The standard InChI is InChI=1S/C27H42N8O/c1-18-13-23(20(14-28)25(31-4)33-18)35-12-6-22(21(15-35)19(2)29)32-17-26-7-9-27(16-26,10-8-26)34-24(36)5-11-30-3/h13-14,28,30H,5-12,15-17,29H2,1-4H3,(H,31,33)(H,34,36). The Morgan fingerprint density at radius 1 is 1.31 bits per heavy atom. The molecule has 1 amide bonds. The number of aliphatic imine (C=N–C) groups is 1. The van der Waals surface area contributed by atoms with Crippen LogP contribution in [0.25, 0.3) is 0 Å². The number of hydrogen-bond acceptors (Lipinski definition) is 8. The number of aryl methyl sites for hydroxylation is 1. The first-order chi connectivity index (χ1) is 17.2. The monoisotopic (exact) mass is 494 g/mol. The van der Waals surface area contributed by atoms with E-state index in [1.807, 2.05) is 34.0 Å². The van der Waals surface area contributed by atoms with Crippen molar-refractivity contribution in [3.63, 3.8) is 0 Å². The molecular weight excluding hydrogens is 452 g/mol. The smallest absolute Gasteiger partial charge is 0.221 e. The number of amides is 1. The van der Waals surface area contributed by atoms with Crippen molar-refractivity contribution in [2.45, 2.75) is 64.3 Å². The summed E-state index contributed by atoms with van der Waals surface area (Å²) in [5.41, 5.74) is 12.2. The van der Waals surface area contributed by atoms with Gasteiger partial charge in [-0.15, -0.1) is 0 Å². The van der Waals surface area contributed by atoms with E-state index >= 15 is 0 Å². The average Bonchev–Trinajstić information content (AvgIpc) is 3.41. The summed E-state index contributed by atoms with van der Waals surface area (Å²) in [5, 5.41) is 17.5. The largest absolute Gasteiger partial charge is 0.402 e. The molecule has 1 aromatic heterocycles. The molecule has 36 heavy (non-hydrogen) atoms. The van der Waals surface area contributed by atoms with Crippen LogP contribution in [0.3, 0.4) is 0 Å². The van der Waals surface area contributed by atoms with Crippen molar-refractivity contribution in [3.05, 3.63) is 28.6 Å². The average molecular weight is 495 g/mol. The number of aromatic nitrogens is 1. The number of anilines is 2. The predicted molar refractivity (Wildman–Crippen MR) is 147 cm³/mol. The van der Waals surface area contributed by atoms with Crippen LogP contribution in [-0.2, 0) is 4.79 Å². The van der Waals surface area contributed by atoms with Crippen molar-refractivity contribution in [3.8, 4) is 0 Å². The lowest BCUT2D eigenvalue weighted by atomic mass is 9.84. The van der Waals surface area contributed by atoms with Crippen molar-refractivity contribution in [2.24, 2.45) is 16.1 Å². The molecule has 0 radical (unpaired) electrons. The zero-order valence-electron chi connectivity index (χ0n) is 22.3. The van der Waals surface area contributed by atoms with Crippen LogP contribution < -0.4 is 26.6 Å². The fourth-order valence-electron chi connectivity index (χ4n) is 6.32. The number of carbonyl (C=O) groups is 1. The Labute approximate surface area is 214 Å². The van der Waals surface area contributed by atoms with Crippen LogP contribution in [0.15, 0.2) is 22.3 Å². The maximum Gasteiger partial charge on any atom is 0.221 e. The van der Waals surface area contributed by atoms with E-state index in [1.165, 1.54) is 6.21 Å². The van der Waals surface area contributed by atoms with Gasteiger partial charge in [0, 0.05) is 80.5 Å². The number of nitrogens with two attached hydrogens (primary N) is 1. The minimum Gasteiger partial charge on any atom is -0.402 e. The number of hydrogen-bond donors (Lipinski definition) is 5. The summed E-state index contributed by atoms with van der Waals surface area (Å²) >= 11 is 0. The summed E-state index contributed by atoms with van der Waals surface area (Å²) in [7, 11) is 3.71. The Hall–Kier alpha value is -2.94. The molecule has 3 aliphatic rings. The molecule has 3 fully saturated rings. The van der Waals surface area contributed by atoms with Crippen LogP contribution in [0.1, 0.15) is 63.1 Å². The summed E-state index contributed by atoms with van der Waals surface area (Å²) in [6, 6.07) is 2.05. The fourth-order valence-corrected chi connectivity index (χ4v) is 6.32. The molecule has 0 spiro atoms. The number of nitrogens with zero attached hydrogens (tertiary/aromatic N) is 3. The molecule has 0 atom stereocenters. The van der Waals surface area contributed by atoms with Crippen LogP contribution in [0.4, 0.5) is 11.5 Å². The van der Waals surface area contributed by atoms with Gasteiger partial charge in [0.2, 0.25) is 5.91 Å². The number of rotatable bonds is 9. The van der Waals surface area contributed by atoms with Gasteiger partial charge in [0.1, 0.15) is 5.82 Å². The number of piperidine rings is 1. The second kappa shape index (κ2) is 10.6. The second-order valence-corrected chi connectivity index (χ2v) is 10.9. The highest BCUT2D eigenvalue weighted by molar-refractivity contribution is 6.03. The van der Waals surface area contributed by atoms with Gasteiger partial charge in [-0.1, -0.05) is 0 Å². The molecular formula is C27H42N8O. The number of pyridine rings is 1. The van der Waals surface area contributed by atoms with E-state index in [4.69, 9.17) is 16.1 Å². The lowest BCUT2D eigenvalue weighted by molar-refractivity contribution is -0.122. The van der Waals surface area contributed by atoms with Crippen molar-refractivity contribution >= 4 is 29.3 Å². The van der Waals surface area contributed by atoms with Crippen LogP contribution in [0, 0.1) is 17.7 Å². The van der Waals surface area contributed by atoms with Crippen molar-refractivity contribution in [1.29, 1.82) is 5.41 Å². The lowest BCUT2D eigenvalue weighted by Gasteiger charge is -2.34. The van der Waals surface area contributed by atoms with E-state index < -0.39 is 0 Å². The van der Waals surface area contributed by atoms with E-state index in [1.54, 1.807) is 0 Å². The van der Waals surface area contributed by atoms with E-state index in [-0.39, 0.29) is 16.9 Å². The van der Waals surface area contributed by atoms with E-state index in [0.717, 1.165) is 91.4 Å². The minimum absolute atomic E-state index is 0.0375. The number of fused-ring (bicyclic) bond motifs is 2. The topological polar surface area (TPSA) is 132 Å². The first-order valence-corrected chi connectivity index (χ1v) is 13.1. The molecule has 9 nitrogen and oxygen atoms in total. The van der Waals surface area contributed by atoms with Gasteiger partial charge in [0.15, 0.2) is 0 Å². The Bertz CT molecular complexity index is 1060. The molecule has 4 rings (SSSR count). The third-order valence-electron chi connectivity index (χ3n) is 8.27. The van der Waals surface area contributed by atoms with Gasteiger partial charge >= 0.3 is 0 Å². The third kappa shape index (κ3) is 5.26. The summed E-state index contributed by atoms with van der Waals surface area (Å²) in [5.74, 6) is 0.874.